The van der Waals surface area contributed by atoms with E-state index < -0.39 is 29.8 Å². The molecule has 3 heterocycles. The van der Waals surface area contributed by atoms with E-state index in [-0.39, 0.29) is 32.5 Å². The summed E-state index contributed by atoms with van der Waals surface area (Å²) in [5.41, 5.74) is 5.49. The summed E-state index contributed by atoms with van der Waals surface area (Å²) in [5, 5.41) is 4.35. The quantitative estimate of drug-likeness (QED) is 0.378. The van der Waals surface area contributed by atoms with Gasteiger partial charge in [0.15, 0.2) is 0 Å². The van der Waals surface area contributed by atoms with Crippen LogP contribution in [-0.4, -0.2) is 79.2 Å². The Morgan fingerprint density at radius 1 is 1.24 bits per heavy atom. The Morgan fingerprint density at radius 3 is 2.71 bits per heavy atom. The molecule has 4 rings (SSSR count). The van der Waals surface area contributed by atoms with Gasteiger partial charge in [0.25, 0.3) is 0 Å². The maximum absolute atomic E-state index is 13.5. The van der Waals surface area contributed by atoms with Gasteiger partial charge in [-0.05, 0) is 6.07 Å². The fourth-order valence-electron chi connectivity index (χ4n) is 4.25. The zero-order valence-corrected chi connectivity index (χ0v) is 22.2. The number of hydrogen-bond acceptors (Lipinski definition) is 8. The van der Waals surface area contributed by atoms with E-state index in [9.17, 15) is 22.8 Å². The molecule has 3 N–H and O–H groups in total. The molecule has 2 atom stereocenters. The number of methoxy groups -OCH3 is 1. The van der Waals surface area contributed by atoms with Crippen LogP contribution in [0.25, 0.3) is 22.0 Å². The molecule has 1 aliphatic rings. The minimum absolute atomic E-state index is 0.102. The molecule has 0 spiro atoms. The zero-order chi connectivity index (χ0) is 27.4. The summed E-state index contributed by atoms with van der Waals surface area (Å²) in [7, 11) is 1.13. The summed E-state index contributed by atoms with van der Waals surface area (Å²) in [6.07, 6.45) is -3.20. The van der Waals surface area contributed by atoms with Crippen molar-refractivity contribution < 1.29 is 32.2 Å². The molecule has 0 bridgehead atoms. The largest absolute Gasteiger partial charge is 0.421 e. The average Bonchev–Trinajstić information content (AvgIpc) is 3.35. The van der Waals surface area contributed by atoms with E-state index in [1.807, 2.05) is 5.82 Å². The smallest absolute Gasteiger partial charge is 0.166 e. The number of carbonyl (C=O) groups excluding carboxylic acids is 2. The number of primary amides is 1. The molecule has 0 aliphatic carbocycles. The number of carbonyl (C=O) groups is 2. The number of alkyl halides is 3. The first-order chi connectivity index (χ1) is 18.1. The Labute approximate surface area is 222 Å². The van der Waals surface area contributed by atoms with E-state index in [4.69, 9.17) is 15.2 Å². The molecule has 0 radical (unpaired) electrons. The second-order valence-electron chi connectivity index (χ2n) is 8.53. The van der Waals surface area contributed by atoms with Crippen LogP contribution in [0.15, 0.2) is 36.8 Å². The van der Waals surface area contributed by atoms with E-state index in [1.54, 1.807) is 23.1 Å². The third-order valence-electron chi connectivity index (χ3n) is 6.01. The number of nitrogens with two attached hydrogens (primary N) is 1. The molecule has 1 fully saturated rings. The van der Waals surface area contributed by atoms with Gasteiger partial charge in [-0.15, -0.1) is 0 Å². The van der Waals surface area contributed by atoms with Gasteiger partial charge in [0.2, 0.25) is 5.88 Å². The van der Waals surface area contributed by atoms with Crippen LogP contribution in [0.5, 0.6) is 5.88 Å². The first-order valence-corrected chi connectivity index (χ1v) is 14.4. The van der Waals surface area contributed by atoms with Gasteiger partial charge in [0.05, 0.1) is 7.11 Å². The van der Waals surface area contributed by atoms with Crippen LogP contribution in [0.2, 0.25) is 11.1 Å². The van der Waals surface area contributed by atoms with E-state index in [0.717, 1.165) is 13.2 Å². The van der Waals surface area contributed by atoms with Crippen LogP contribution in [0, 0.1) is 0 Å². The zero-order valence-electron chi connectivity index (χ0n) is 20.5. The molecule has 1 aromatic carbocycles. The Balaban J connectivity index is 1.57. The number of likely N-dealkylation sites (tertiary alicyclic amines) is 1. The minimum atomic E-state index is -4.63. The molecule has 1 saturated heterocycles. The summed E-state index contributed by atoms with van der Waals surface area (Å²) in [6, 6.07) is 5.89. The number of pyridine rings is 1. The molecule has 2 aromatic heterocycles. The van der Waals surface area contributed by atoms with Crippen molar-refractivity contribution >= 4 is 43.7 Å². The molecule has 38 heavy (non-hydrogen) atoms. The second-order valence-corrected chi connectivity index (χ2v) is 10.4. The molecular weight excluding hydrogens is 572 g/mol. The molecule has 14 heteroatoms. The van der Waals surface area contributed by atoms with Gasteiger partial charge in [0, 0.05) is 6.20 Å². The first-order valence-electron chi connectivity index (χ1n) is 11.5. The van der Waals surface area contributed by atoms with E-state index >= 15 is 0 Å². The molecule has 1 aliphatic heterocycles. The van der Waals surface area contributed by atoms with Gasteiger partial charge in [-0.25, -0.2) is 4.98 Å². The summed E-state index contributed by atoms with van der Waals surface area (Å²) in [5.74, 6) is 1.62. The molecule has 202 valence electrons. The number of ether oxygens (including phenoxy) is 2. The Morgan fingerprint density at radius 2 is 2.03 bits per heavy atom. The summed E-state index contributed by atoms with van der Waals surface area (Å²) < 4.78 is 50.3. The van der Waals surface area contributed by atoms with Crippen molar-refractivity contribution in [1.29, 1.82) is 0 Å². The topological polar surface area (TPSA) is 133 Å². The van der Waals surface area contributed by atoms with E-state index in [1.165, 1.54) is 12.5 Å². The van der Waals surface area contributed by atoms with Gasteiger partial charge < -0.3 is 4.74 Å². The van der Waals surface area contributed by atoms with Crippen LogP contribution in [0.3, 0.4) is 0 Å². The fourth-order valence-corrected chi connectivity index (χ4v) is 5.33. The van der Waals surface area contributed by atoms with Crippen molar-refractivity contribution in [2.45, 2.75) is 35.9 Å². The number of benzene rings is 1. The molecule has 0 saturated carbocycles. The molecule has 2 amide bonds. The van der Waals surface area contributed by atoms with Gasteiger partial charge in [0.1, 0.15) is 5.56 Å². The summed E-state index contributed by atoms with van der Waals surface area (Å²) in [6.45, 7) is 0.814. The Kier molecular flexibility index (Phi) is 8.22. The van der Waals surface area contributed by atoms with Crippen LogP contribution in [0.4, 0.5) is 23.8 Å². The average molecular weight is 597 g/mol. The number of nitrogens with one attached hydrogen (secondary N) is 1. The standard InChI is InChI=1S/C24H25F3N6O4Se/c1-36-21-17(24(25,26)27)8-14(9-29-21)13-3-4-18-16(7-13)20(31-12-30-18)32-15-5-6-33(10-15)22(34)19(11-38-2)37-23(28)35/h3-4,7-9,12,15,19H,5-6,10-11H2,1-2H3,(H2,28,35)(H,30,31,32)/t15-,19?/m0/s1. The normalized spacial score (nSPS) is 16.3. The second kappa shape index (κ2) is 11.4. The summed E-state index contributed by atoms with van der Waals surface area (Å²) in [4.78, 5) is 38.1. The maximum atomic E-state index is 13.5. The van der Waals surface area contributed by atoms with Gasteiger partial charge in [-0.1, -0.05) is 0 Å². The Bertz CT molecular complexity index is 1340. The fraction of sp³-hybridized carbons (Fsp3) is 0.375. The molecule has 1 unspecified atom stereocenters. The van der Waals surface area contributed by atoms with E-state index in [0.29, 0.717) is 47.1 Å². The van der Waals surface area contributed by atoms with Gasteiger partial charge >= 0.3 is 169 Å². The third kappa shape index (κ3) is 6.08. The van der Waals surface area contributed by atoms with Crippen molar-refractivity contribution in [2.75, 3.05) is 25.5 Å². The molecule has 3 aromatic rings. The molecule has 10 nitrogen and oxygen atoms in total. The third-order valence-corrected chi connectivity index (χ3v) is 7.35. The number of fused-ring (bicyclic) bond motifs is 1. The number of anilines is 1. The monoisotopic (exact) mass is 598 g/mol. The number of aromatic nitrogens is 3. The van der Waals surface area contributed by atoms with Crippen LogP contribution >= 0.6 is 0 Å². The predicted octanol–water partition coefficient (Wildman–Crippen LogP) is 3.37. The van der Waals surface area contributed by atoms with Crippen molar-refractivity contribution in [3.8, 4) is 17.0 Å². The first kappa shape index (κ1) is 27.4. The van der Waals surface area contributed by atoms with Gasteiger partial charge in [-0.3, -0.25) is 0 Å². The van der Waals surface area contributed by atoms with Crippen molar-refractivity contribution in [2.24, 2.45) is 5.73 Å². The van der Waals surface area contributed by atoms with Crippen LogP contribution in [0.1, 0.15) is 12.0 Å². The maximum Gasteiger partial charge on any atom is 0.421 e. The van der Waals surface area contributed by atoms with Crippen molar-refractivity contribution in [1.82, 2.24) is 19.9 Å². The number of nitrogens with zero attached hydrogens (tertiary/aromatic N) is 4. The van der Waals surface area contributed by atoms with E-state index in [2.05, 4.69) is 20.3 Å². The SMILES string of the molecule is COc1ncc(-c2ccc3ncnc(N[C@H]4CCN(C(=O)C(C[Se]C)OC(N)=O)C4)c3c2)cc1C(F)(F)F. The molecular formula is C24H25F3N6O4Se. The van der Waals surface area contributed by atoms with Gasteiger partial charge in [-0.2, -0.15) is 13.2 Å². The number of rotatable bonds is 8. The van der Waals surface area contributed by atoms with Crippen molar-refractivity contribution in [3.63, 3.8) is 0 Å². The summed E-state index contributed by atoms with van der Waals surface area (Å²) >= 11 is 0.102. The predicted molar refractivity (Wildman–Crippen MR) is 134 cm³/mol. The van der Waals surface area contributed by atoms with Crippen LogP contribution < -0.4 is 15.8 Å². The minimum Gasteiger partial charge on any atom is -0.166 e. The number of amides is 2. The van der Waals surface area contributed by atoms with Crippen molar-refractivity contribution in [3.05, 3.63) is 42.4 Å². The number of halogens is 3. The Hall–Kier alpha value is -3.64. The number of hydrogen-bond donors (Lipinski definition) is 2. The van der Waals surface area contributed by atoms with Crippen LogP contribution in [-0.2, 0) is 15.7 Å².